The van der Waals surface area contributed by atoms with Crippen molar-refractivity contribution in [2.75, 3.05) is 14.2 Å². The van der Waals surface area contributed by atoms with Crippen LogP contribution in [0, 0.1) is 17.8 Å². The molecule has 7 nitrogen and oxygen atoms in total. The molecule has 32 heavy (non-hydrogen) atoms. The van der Waals surface area contributed by atoms with Gasteiger partial charge in [-0.1, -0.05) is 18.2 Å². The van der Waals surface area contributed by atoms with E-state index in [0.29, 0.717) is 36.4 Å². The van der Waals surface area contributed by atoms with E-state index < -0.39 is 5.72 Å². The third-order valence-corrected chi connectivity index (χ3v) is 7.25. The van der Waals surface area contributed by atoms with Crippen LogP contribution in [0.25, 0.3) is 0 Å². The number of carbonyl (C=O) groups is 2. The lowest BCUT2D eigenvalue weighted by atomic mass is 9.60. The summed E-state index contributed by atoms with van der Waals surface area (Å²) in [6, 6.07) is 13.0. The Morgan fingerprint density at radius 1 is 1.19 bits per heavy atom. The Labute approximate surface area is 187 Å². The van der Waals surface area contributed by atoms with Gasteiger partial charge in [0, 0.05) is 36.4 Å². The van der Waals surface area contributed by atoms with Crippen molar-refractivity contribution in [2.24, 2.45) is 17.8 Å². The van der Waals surface area contributed by atoms with E-state index in [1.54, 1.807) is 32.4 Å². The number of methoxy groups -OCH3 is 2. The van der Waals surface area contributed by atoms with Crippen LogP contribution in [0.15, 0.2) is 42.5 Å². The molecule has 4 atom stereocenters. The summed E-state index contributed by atoms with van der Waals surface area (Å²) in [7, 11) is 3.23. The number of benzene rings is 2. The molecule has 0 aromatic heterocycles. The molecule has 1 spiro atoms. The quantitative estimate of drug-likeness (QED) is 0.751. The molecule has 2 N–H and O–H groups in total. The highest BCUT2D eigenvalue weighted by Crippen LogP contribution is 2.52. The fraction of sp³-hybridized carbons (Fsp3) is 0.440. The topological polar surface area (TPSA) is 85.9 Å². The van der Waals surface area contributed by atoms with Crippen molar-refractivity contribution in [3.05, 3.63) is 53.6 Å². The third-order valence-electron chi connectivity index (χ3n) is 7.25. The Bertz CT molecular complexity index is 1050. The molecule has 6 rings (SSSR count). The lowest BCUT2D eigenvalue weighted by Gasteiger charge is -2.55. The number of ether oxygens (including phenoxy) is 3. The first-order valence-electron chi connectivity index (χ1n) is 11.1. The summed E-state index contributed by atoms with van der Waals surface area (Å²) in [5, 5.41) is 6.23. The average molecular weight is 437 g/mol. The number of nitrogens with one attached hydrogen (secondary N) is 2. The number of carbonyl (C=O) groups excluding carboxylic acids is 2. The number of fused-ring (bicyclic) bond motifs is 3. The van der Waals surface area contributed by atoms with Crippen LogP contribution >= 0.6 is 0 Å². The van der Waals surface area contributed by atoms with Crippen LogP contribution in [0.5, 0.6) is 17.2 Å². The van der Waals surface area contributed by atoms with Crippen molar-refractivity contribution in [2.45, 2.75) is 38.0 Å². The van der Waals surface area contributed by atoms with Crippen molar-refractivity contribution in [1.82, 2.24) is 10.6 Å². The maximum Gasteiger partial charge on any atom is 0.258 e. The lowest BCUT2D eigenvalue weighted by molar-refractivity contribution is -0.146. The summed E-state index contributed by atoms with van der Waals surface area (Å²) >= 11 is 0. The molecule has 3 saturated carbocycles. The minimum atomic E-state index is -0.751. The molecule has 7 heteroatoms. The highest BCUT2D eigenvalue weighted by molar-refractivity contribution is 5.98. The molecule has 2 bridgehead atoms. The fourth-order valence-electron chi connectivity index (χ4n) is 5.60. The van der Waals surface area contributed by atoms with E-state index in [1.807, 2.05) is 24.3 Å². The molecule has 0 unspecified atom stereocenters. The van der Waals surface area contributed by atoms with Crippen molar-refractivity contribution in [3.63, 3.8) is 0 Å². The van der Waals surface area contributed by atoms with Gasteiger partial charge in [0.1, 0.15) is 17.2 Å². The van der Waals surface area contributed by atoms with Crippen molar-refractivity contribution < 1.29 is 23.8 Å². The van der Waals surface area contributed by atoms with Crippen LogP contribution in [-0.2, 0) is 11.3 Å². The maximum absolute atomic E-state index is 13.1. The van der Waals surface area contributed by atoms with E-state index in [1.165, 1.54) is 0 Å². The standard InChI is InChI=1S/C25H28N2O5/c1-30-18-9-10-19-22(12-18)32-25(27-24(19)29)13-15-7-8-17(25)11-20(15)23(28)26-14-16-5-3-4-6-21(16)31-2/h3-6,9-10,12,15,17,20H,7-8,11,13-14H2,1-2H3,(H,26,28)(H,27,29)/t15-,17+,20-,25-/m0/s1. The maximum atomic E-state index is 13.1. The molecule has 2 amide bonds. The number of rotatable bonds is 5. The van der Waals surface area contributed by atoms with Crippen LogP contribution in [0.2, 0.25) is 0 Å². The van der Waals surface area contributed by atoms with E-state index in [2.05, 4.69) is 10.6 Å². The predicted octanol–water partition coefficient (Wildman–Crippen LogP) is 3.27. The number of hydrogen-bond donors (Lipinski definition) is 2. The van der Waals surface area contributed by atoms with Crippen molar-refractivity contribution in [3.8, 4) is 17.2 Å². The lowest BCUT2D eigenvalue weighted by Crippen LogP contribution is -2.66. The monoisotopic (exact) mass is 436 g/mol. The Morgan fingerprint density at radius 3 is 2.78 bits per heavy atom. The molecule has 2 aromatic rings. The first-order chi connectivity index (χ1) is 15.5. The van der Waals surface area contributed by atoms with Crippen LogP contribution in [0.3, 0.4) is 0 Å². The van der Waals surface area contributed by atoms with Gasteiger partial charge in [-0.3, -0.25) is 9.59 Å². The van der Waals surface area contributed by atoms with Gasteiger partial charge in [-0.05, 0) is 43.4 Å². The zero-order chi connectivity index (χ0) is 22.3. The Morgan fingerprint density at radius 2 is 2.03 bits per heavy atom. The molecular formula is C25H28N2O5. The fourth-order valence-corrected chi connectivity index (χ4v) is 5.60. The van der Waals surface area contributed by atoms with Gasteiger partial charge < -0.3 is 24.8 Å². The molecular weight excluding hydrogens is 408 g/mol. The predicted molar refractivity (Wildman–Crippen MR) is 118 cm³/mol. The smallest absolute Gasteiger partial charge is 0.258 e. The molecule has 168 valence electrons. The van der Waals surface area contributed by atoms with Gasteiger partial charge in [0.25, 0.3) is 5.91 Å². The number of amides is 2. The zero-order valence-corrected chi connectivity index (χ0v) is 18.4. The van der Waals surface area contributed by atoms with Gasteiger partial charge >= 0.3 is 0 Å². The third kappa shape index (κ3) is 3.45. The largest absolute Gasteiger partial charge is 0.497 e. The highest BCUT2D eigenvalue weighted by atomic mass is 16.5. The molecule has 3 aliphatic carbocycles. The first kappa shape index (κ1) is 20.7. The highest BCUT2D eigenvalue weighted by Gasteiger charge is 2.57. The van der Waals surface area contributed by atoms with Crippen LogP contribution in [0.4, 0.5) is 0 Å². The van der Waals surface area contributed by atoms with Crippen molar-refractivity contribution in [1.29, 1.82) is 0 Å². The van der Waals surface area contributed by atoms with Crippen molar-refractivity contribution >= 4 is 11.8 Å². The molecule has 1 heterocycles. The molecule has 1 aliphatic heterocycles. The van der Waals surface area contributed by atoms with Gasteiger partial charge in [-0.15, -0.1) is 0 Å². The zero-order valence-electron chi connectivity index (χ0n) is 18.4. The minimum Gasteiger partial charge on any atom is -0.497 e. The summed E-state index contributed by atoms with van der Waals surface area (Å²) in [5.41, 5.74) is 0.719. The van der Waals surface area contributed by atoms with E-state index in [-0.39, 0.29) is 29.6 Å². The van der Waals surface area contributed by atoms with Crippen LogP contribution in [-0.4, -0.2) is 31.8 Å². The van der Waals surface area contributed by atoms with Gasteiger partial charge in [0.15, 0.2) is 5.72 Å². The SMILES string of the molecule is COc1ccc2c(c1)O[C@]1(C[C@@H]3CC[C@@H]1C[C@@H]3C(=O)NCc1ccccc1OC)NC2=O. The van der Waals surface area contributed by atoms with Gasteiger partial charge in [-0.25, -0.2) is 0 Å². The van der Waals surface area contributed by atoms with Gasteiger partial charge in [0.05, 0.1) is 19.8 Å². The van der Waals surface area contributed by atoms with Gasteiger partial charge in [-0.2, -0.15) is 0 Å². The molecule has 0 saturated heterocycles. The Balaban J connectivity index is 1.30. The van der Waals surface area contributed by atoms with Crippen LogP contribution < -0.4 is 24.8 Å². The van der Waals surface area contributed by atoms with Crippen LogP contribution in [0.1, 0.15) is 41.6 Å². The minimum absolute atomic E-state index is 0.0599. The summed E-state index contributed by atoms with van der Waals surface area (Å²) < 4.78 is 17.1. The number of para-hydroxylation sites is 1. The Kier molecular flexibility index (Phi) is 5.19. The van der Waals surface area contributed by atoms with E-state index >= 15 is 0 Å². The second-order valence-electron chi connectivity index (χ2n) is 8.92. The average Bonchev–Trinajstić information content (AvgIpc) is 2.82. The molecule has 4 aliphatic rings. The molecule has 3 fully saturated rings. The van der Waals surface area contributed by atoms with E-state index in [4.69, 9.17) is 14.2 Å². The first-order valence-corrected chi connectivity index (χ1v) is 11.1. The normalized spacial score (nSPS) is 27.8. The van der Waals surface area contributed by atoms with Gasteiger partial charge in [0.2, 0.25) is 5.91 Å². The molecule has 0 radical (unpaired) electrons. The summed E-state index contributed by atoms with van der Waals surface area (Å²) in [6.45, 7) is 0.433. The number of hydrogen-bond acceptors (Lipinski definition) is 5. The molecule has 2 aromatic carbocycles. The summed E-state index contributed by atoms with van der Waals surface area (Å²) in [6.07, 6.45) is 3.22. The summed E-state index contributed by atoms with van der Waals surface area (Å²) in [4.78, 5) is 25.9. The second kappa shape index (κ2) is 8.04. The Hall–Kier alpha value is -3.22. The van der Waals surface area contributed by atoms with E-state index in [9.17, 15) is 9.59 Å². The second-order valence-corrected chi connectivity index (χ2v) is 8.92. The van der Waals surface area contributed by atoms with E-state index in [0.717, 1.165) is 24.2 Å². The summed E-state index contributed by atoms with van der Waals surface area (Å²) in [5.74, 6) is 2.07.